The lowest BCUT2D eigenvalue weighted by Crippen LogP contribution is -2.19. The average Bonchev–Trinajstić information content (AvgIpc) is 3.38. The number of rotatable bonds is 3. The molecule has 130 valence electrons. The lowest BCUT2D eigenvalue weighted by atomic mass is 10.1. The summed E-state index contributed by atoms with van der Waals surface area (Å²) in [6, 6.07) is 13.4. The Morgan fingerprint density at radius 1 is 1.12 bits per heavy atom. The quantitative estimate of drug-likeness (QED) is 0.503. The van der Waals surface area contributed by atoms with Gasteiger partial charge in [-0.2, -0.15) is 0 Å². The normalized spacial score (nSPS) is 13.1. The van der Waals surface area contributed by atoms with Gasteiger partial charge in [-0.3, -0.25) is 5.32 Å². The van der Waals surface area contributed by atoms with E-state index in [9.17, 15) is 4.79 Å². The summed E-state index contributed by atoms with van der Waals surface area (Å²) in [4.78, 5) is 16.7. The highest BCUT2D eigenvalue weighted by Gasteiger charge is 2.26. The molecule has 1 aliphatic rings. The molecule has 2 N–H and O–H groups in total. The number of fused-ring (bicyclic) bond motifs is 1. The molecule has 0 atom stereocenters. The first-order valence-electron chi connectivity index (χ1n) is 8.42. The van der Waals surface area contributed by atoms with E-state index in [0.717, 1.165) is 20.4 Å². The standard InChI is InChI=1S/C17H14BrN3OS.C2H6/c18-11-6-8-12(9-7-11)19-16(22)21-17-20-15-13(10-4-5-10)2-1-3-14(15)23-17;1-2/h1-3,6-10H,4-5H2,(H2,19,20,21,22);1-2H3. The minimum absolute atomic E-state index is 0.278. The minimum atomic E-state index is -0.278. The Labute approximate surface area is 159 Å². The highest BCUT2D eigenvalue weighted by atomic mass is 79.9. The highest BCUT2D eigenvalue weighted by Crippen LogP contribution is 2.44. The van der Waals surface area contributed by atoms with Crippen LogP contribution in [0.25, 0.3) is 10.2 Å². The number of hydrogen-bond acceptors (Lipinski definition) is 3. The van der Waals surface area contributed by atoms with Crippen molar-refractivity contribution in [3.63, 3.8) is 0 Å². The molecule has 2 aromatic carbocycles. The Morgan fingerprint density at radius 3 is 2.52 bits per heavy atom. The van der Waals surface area contributed by atoms with E-state index in [2.05, 4.69) is 49.7 Å². The first kappa shape index (κ1) is 17.9. The van der Waals surface area contributed by atoms with Gasteiger partial charge in [0.2, 0.25) is 0 Å². The molecule has 0 spiro atoms. The highest BCUT2D eigenvalue weighted by molar-refractivity contribution is 9.10. The topological polar surface area (TPSA) is 54.0 Å². The fourth-order valence-electron chi connectivity index (χ4n) is 2.54. The van der Waals surface area contributed by atoms with E-state index in [0.29, 0.717) is 11.0 Å². The smallest absolute Gasteiger partial charge is 0.308 e. The van der Waals surface area contributed by atoms with E-state index < -0.39 is 0 Å². The van der Waals surface area contributed by atoms with E-state index in [1.807, 2.05) is 38.1 Å². The molecular weight excluding hydrogens is 398 g/mol. The predicted molar refractivity (Wildman–Crippen MR) is 110 cm³/mol. The second-order valence-corrected chi connectivity index (χ2v) is 7.52. The van der Waals surface area contributed by atoms with Gasteiger partial charge in [-0.25, -0.2) is 9.78 Å². The molecule has 6 heteroatoms. The zero-order valence-electron chi connectivity index (χ0n) is 14.2. The number of urea groups is 1. The summed E-state index contributed by atoms with van der Waals surface area (Å²) in [5.41, 5.74) is 3.07. The Balaban J connectivity index is 0.000000880. The van der Waals surface area contributed by atoms with Crippen LogP contribution in [-0.4, -0.2) is 11.0 Å². The van der Waals surface area contributed by atoms with Gasteiger partial charge in [0.15, 0.2) is 5.13 Å². The number of halogens is 1. The van der Waals surface area contributed by atoms with Gasteiger partial charge in [-0.15, -0.1) is 0 Å². The number of thiazole rings is 1. The molecule has 0 unspecified atom stereocenters. The monoisotopic (exact) mass is 417 g/mol. The molecule has 4 rings (SSSR count). The molecule has 0 aliphatic heterocycles. The largest absolute Gasteiger partial charge is 0.325 e. The number of nitrogens with one attached hydrogen (secondary N) is 2. The van der Waals surface area contributed by atoms with Crippen LogP contribution in [0.5, 0.6) is 0 Å². The second-order valence-electron chi connectivity index (χ2n) is 5.57. The second kappa shape index (κ2) is 7.97. The van der Waals surface area contributed by atoms with Gasteiger partial charge in [0.1, 0.15) is 0 Å². The first-order chi connectivity index (χ1) is 12.2. The van der Waals surface area contributed by atoms with E-state index >= 15 is 0 Å². The number of anilines is 2. The first-order valence-corrected chi connectivity index (χ1v) is 10.0. The third-order valence-corrected chi connectivity index (χ3v) is 5.25. The lowest BCUT2D eigenvalue weighted by molar-refractivity contribution is 0.262. The van der Waals surface area contributed by atoms with Crippen molar-refractivity contribution < 1.29 is 4.79 Å². The van der Waals surface area contributed by atoms with Crippen molar-refractivity contribution in [2.75, 3.05) is 10.6 Å². The van der Waals surface area contributed by atoms with Crippen molar-refractivity contribution >= 4 is 54.3 Å². The van der Waals surface area contributed by atoms with Gasteiger partial charge in [0, 0.05) is 10.2 Å². The van der Waals surface area contributed by atoms with Crippen LogP contribution in [0.3, 0.4) is 0 Å². The summed E-state index contributed by atoms with van der Waals surface area (Å²) in [6.07, 6.45) is 2.48. The SMILES string of the molecule is CC.O=C(Nc1ccc(Br)cc1)Nc1nc2c(C3CC3)cccc2s1. The van der Waals surface area contributed by atoms with Gasteiger partial charge in [-0.05, 0) is 54.7 Å². The summed E-state index contributed by atoms with van der Waals surface area (Å²) in [6.45, 7) is 4.00. The summed E-state index contributed by atoms with van der Waals surface area (Å²) in [5, 5.41) is 6.26. The van der Waals surface area contributed by atoms with Crippen LogP contribution in [0.15, 0.2) is 46.9 Å². The van der Waals surface area contributed by atoms with E-state index in [-0.39, 0.29) is 6.03 Å². The number of para-hydroxylation sites is 1. The Kier molecular flexibility index (Phi) is 5.71. The maximum Gasteiger partial charge on any atom is 0.325 e. The van der Waals surface area contributed by atoms with Gasteiger partial charge in [0.05, 0.1) is 10.2 Å². The molecule has 0 radical (unpaired) electrons. The summed E-state index contributed by atoms with van der Waals surface area (Å²) in [7, 11) is 0. The molecule has 1 aliphatic carbocycles. The maximum atomic E-state index is 12.1. The van der Waals surface area contributed by atoms with Crippen LogP contribution in [-0.2, 0) is 0 Å². The van der Waals surface area contributed by atoms with Crippen LogP contribution in [0, 0.1) is 0 Å². The predicted octanol–water partition coefficient (Wildman–Crippen LogP) is 6.61. The molecule has 25 heavy (non-hydrogen) atoms. The maximum absolute atomic E-state index is 12.1. The number of amides is 2. The fourth-order valence-corrected chi connectivity index (χ4v) is 3.70. The minimum Gasteiger partial charge on any atom is -0.308 e. The number of nitrogens with zero attached hydrogens (tertiary/aromatic N) is 1. The summed E-state index contributed by atoms with van der Waals surface area (Å²) >= 11 is 4.88. The van der Waals surface area contributed by atoms with E-state index in [4.69, 9.17) is 0 Å². The van der Waals surface area contributed by atoms with Gasteiger partial charge in [-0.1, -0.05) is 53.2 Å². The Bertz CT molecular complexity index is 872. The van der Waals surface area contributed by atoms with E-state index in [1.54, 1.807) is 0 Å². The molecule has 0 bridgehead atoms. The van der Waals surface area contributed by atoms with Crippen molar-refractivity contribution in [2.24, 2.45) is 0 Å². The van der Waals surface area contributed by atoms with Gasteiger partial charge in [0.25, 0.3) is 0 Å². The zero-order valence-corrected chi connectivity index (χ0v) is 16.6. The number of hydrogen-bond donors (Lipinski definition) is 2. The third kappa shape index (κ3) is 4.38. The number of aromatic nitrogens is 1. The number of carbonyl (C=O) groups excluding carboxylic acids is 1. The van der Waals surface area contributed by atoms with Crippen LogP contribution < -0.4 is 10.6 Å². The third-order valence-electron chi connectivity index (χ3n) is 3.79. The van der Waals surface area contributed by atoms with Gasteiger partial charge < -0.3 is 5.32 Å². The van der Waals surface area contributed by atoms with Crippen molar-refractivity contribution in [1.29, 1.82) is 0 Å². The molecule has 4 nitrogen and oxygen atoms in total. The number of carbonyl (C=O) groups is 1. The lowest BCUT2D eigenvalue weighted by Gasteiger charge is -2.05. The molecule has 1 heterocycles. The fraction of sp³-hybridized carbons (Fsp3) is 0.263. The van der Waals surface area contributed by atoms with Crippen LogP contribution in [0.2, 0.25) is 0 Å². The number of benzene rings is 2. The molecule has 3 aromatic rings. The van der Waals surface area contributed by atoms with Crippen molar-refractivity contribution in [1.82, 2.24) is 4.98 Å². The van der Waals surface area contributed by atoms with Crippen molar-refractivity contribution in [2.45, 2.75) is 32.6 Å². The van der Waals surface area contributed by atoms with Crippen molar-refractivity contribution in [3.8, 4) is 0 Å². The summed E-state index contributed by atoms with van der Waals surface area (Å²) < 4.78 is 2.09. The zero-order chi connectivity index (χ0) is 17.8. The van der Waals surface area contributed by atoms with Gasteiger partial charge >= 0.3 is 6.03 Å². The Hall–Kier alpha value is -1.92. The molecule has 1 aromatic heterocycles. The molecule has 0 saturated heterocycles. The van der Waals surface area contributed by atoms with Crippen LogP contribution in [0.1, 0.15) is 38.2 Å². The molecule has 1 fully saturated rings. The van der Waals surface area contributed by atoms with Crippen molar-refractivity contribution in [3.05, 3.63) is 52.5 Å². The molecule has 2 amide bonds. The van der Waals surface area contributed by atoms with Crippen LogP contribution in [0.4, 0.5) is 15.6 Å². The average molecular weight is 418 g/mol. The molecular formula is C19H20BrN3OS. The summed E-state index contributed by atoms with van der Waals surface area (Å²) in [5.74, 6) is 0.644. The van der Waals surface area contributed by atoms with Crippen LogP contribution >= 0.6 is 27.3 Å². The van der Waals surface area contributed by atoms with E-state index in [1.165, 1.54) is 29.7 Å². The Morgan fingerprint density at radius 2 is 1.84 bits per heavy atom. The molecule has 1 saturated carbocycles.